The normalized spacial score (nSPS) is 18.0. The molecule has 1 atom stereocenters. The second-order valence-corrected chi connectivity index (χ2v) is 5.38. The summed E-state index contributed by atoms with van der Waals surface area (Å²) in [4.78, 5) is 24.2. The number of nitro groups is 1. The van der Waals surface area contributed by atoms with Crippen molar-refractivity contribution in [2.24, 2.45) is 0 Å². The Kier molecular flexibility index (Phi) is 5.66. The van der Waals surface area contributed by atoms with Crippen molar-refractivity contribution in [3.8, 4) is 0 Å². The van der Waals surface area contributed by atoms with E-state index in [-0.39, 0.29) is 24.2 Å². The molecule has 0 aliphatic carbocycles. The van der Waals surface area contributed by atoms with Crippen molar-refractivity contribution in [2.75, 3.05) is 13.2 Å². The zero-order chi connectivity index (χ0) is 15.9. The summed E-state index contributed by atoms with van der Waals surface area (Å²) in [5.41, 5.74) is 0.789. The van der Waals surface area contributed by atoms with Gasteiger partial charge in [0, 0.05) is 37.4 Å². The average Bonchev–Trinajstić information content (AvgIpc) is 2.99. The van der Waals surface area contributed by atoms with Crippen molar-refractivity contribution in [1.29, 1.82) is 0 Å². The number of amides is 1. The molecule has 0 bridgehead atoms. The monoisotopic (exact) mass is 304 g/mol. The first kappa shape index (κ1) is 16.2. The quantitative estimate of drug-likeness (QED) is 0.497. The molecule has 1 saturated heterocycles. The number of benzene rings is 1. The van der Waals surface area contributed by atoms with Crippen LogP contribution in [0.5, 0.6) is 0 Å². The molecule has 1 unspecified atom stereocenters. The van der Waals surface area contributed by atoms with Crippen LogP contribution < -0.4 is 0 Å². The maximum atomic E-state index is 12.2. The van der Waals surface area contributed by atoms with E-state index in [9.17, 15) is 14.9 Å². The number of non-ortho nitro benzene ring substituents is 1. The molecule has 1 aliphatic rings. The summed E-state index contributed by atoms with van der Waals surface area (Å²) in [5.74, 6) is -0.0428. The van der Waals surface area contributed by atoms with E-state index in [2.05, 4.69) is 0 Å². The first-order valence-electron chi connectivity index (χ1n) is 7.46. The van der Waals surface area contributed by atoms with E-state index in [1.807, 2.05) is 4.90 Å². The fourth-order valence-corrected chi connectivity index (χ4v) is 2.72. The zero-order valence-corrected chi connectivity index (χ0v) is 12.4. The van der Waals surface area contributed by atoms with E-state index in [1.54, 1.807) is 18.2 Å². The Hall–Kier alpha value is -2.21. The van der Waals surface area contributed by atoms with Crippen LogP contribution in [0.15, 0.2) is 30.3 Å². The number of carbonyl (C=O) groups excluding carboxylic acids is 1. The number of carbonyl (C=O) groups is 1. The lowest BCUT2D eigenvalue weighted by Crippen LogP contribution is -2.34. The molecule has 1 fully saturated rings. The number of likely N-dealkylation sites (tertiary alicyclic amines) is 1. The molecule has 0 aromatic heterocycles. The summed E-state index contributed by atoms with van der Waals surface area (Å²) in [5, 5.41) is 19.5. The molecular formula is C16H20N2O4. The lowest BCUT2D eigenvalue weighted by molar-refractivity contribution is -0.384. The number of aliphatic hydroxyl groups excluding tert-OH is 1. The minimum atomic E-state index is -0.450. The van der Waals surface area contributed by atoms with E-state index < -0.39 is 4.92 Å². The summed E-state index contributed by atoms with van der Waals surface area (Å²) in [7, 11) is 0. The Bertz CT molecular complexity index is 554. The molecule has 2 rings (SSSR count). The standard InChI is InChI=1S/C16H20N2O4/c19-12-2-4-14-3-1-11-17(14)16(20)10-7-13-5-8-15(9-6-13)18(21)22/h5-10,14,19H,1-4,11-12H2/b10-7+. The number of rotatable bonds is 6. The summed E-state index contributed by atoms with van der Waals surface area (Å²) >= 11 is 0. The van der Waals surface area contributed by atoms with Gasteiger partial charge in [0.1, 0.15) is 0 Å². The summed E-state index contributed by atoms with van der Waals surface area (Å²) in [6, 6.07) is 6.29. The fourth-order valence-electron chi connectivity index (χ4n) is 2.72. The Labute approximate surface area is 129 Å². The van der Waals surface area contributed by atoms with Gasteiger partial charge < -0.3 is 10.0 Å². The van der Waals surface area contributed by atoms with E-state index >= 15 is 0 Å². The number of hydrogen-bond acceptors (Lipinski definition) is 4. The lowest BCUT2D eigenvalue weighted by Gasteiger charge is -2.23. The largest absolute Gasteiger partial charge is 0.396 e. The molecule has 1 N–H and O–H groups in total. The molecule has 6 nitrogen and oxygen atoms in total. The molecule has 1 aliphatic heterocycles. The van der Waals surface area contributed by atoms with Gasteiger partial charge >= 0.3 is 0 Å². The van der Waals surface area contributed by atoms with E-state index in [1.165, 1.54) is 18.2 Å². The molecule has 1 heterocycles. The Balaban J connectivity index is 1.96. The van der Waals surface area contributed by atoms with Crippen LogP contribution in [0.4, 0.5) is 5.69 Å². The van der Waals surface area contributed by atoms with Crippen molar-refractivity contribution in [3.05, 3.63) is 46.0 Å². The van der Waals surface area contributed by atoms with Gasteiger partial charge in [-0.05, 0) is 49.5 Å². The highest BCUT2D eigenvalue weighted by Gasteiger charge is 2.26. The first-order chi connectivity index (χ1) is 10.6. The molecular weight excluding hydrogens is 284 g/mol. The van der Waals surface area contributed by atoms with Gasteiger partial charge in [0.2, 0.25) is 5.91 Å². The third kappa shape index (κ3) is 4.14. The van der Waals surface area contributed by atoms with Crippen LogP contribution in [-0.4, -0.2) is 40.0 Å². The van der Waals surface area contributed by atoms with Crippen molar-refractivity contribution in [2.45, 2.75) is 31.7 Å². The molecule has 1 aromatic carbocycles. The highest BCUT2D eigenvalue weighted by Crippen LogP contribution is 2.22. The van der Waals surface area contributed by atoms with Gasteiger partial charge in [-0.1, -0.05) is 0 Å². The minimum absolute atomic E-state index is 0.0343. The molecule has 1 aromatic rings. The van der Waals surface area contributed by atoms with Crippen molar-refractivity contribution in [3.63, 3.8) is 0 Å². The smallest absolute Gasteiger partial charge is 0.269 e. The van der Waals surface area contributed by atoms with Crippen molar-refractivity contribution >= 4 is 17.7 Å². The highest BCUT2D eigenvalue weighted by molar-refractivity contribution is 5.92. The summed E-state index contributed by atoms with van der Waals surface area (Å²) in [6.45, 7) is 0.899. The van der Waals surface area contributed by atoms with Gasteiger partial charge in [0.05, 0.1) is 4.92 Å². The second-order valence-electron chi connectivity index (χ2n) is 5.38. The molecule has 1 amide bonds. The maximum absolute atomic E-state index is 12.2. The third-order valence-corrected chi connectivity index (χ3v) is 3.88. The number of nitro benzene ring substituents is 1. The van der Waals surface area contributed by atoms with Crippen LogP contribution >= 0.6 is 0 Å². The Morgan fingerprint density at radius 1 is 1.41 bits per heavy atom. The Morgan fingerprint density at radius 3 is 2.77 bits per heavy atom. The molecule has 22 heavy (non-hydrogen) atoms. The van der Waals surface area contributed by atoms with Crippen molar-refractivity contribution < 1.29 is 14.8 Å². The lowest BCUT2D eigenvalue weighted by atomic mass is 10.1. The minimum Gasteiger partial charge on any atom is -0.396 e. The SMILES string of the molecule is O=C(/C=C/c1ccc([N+](=O)[O-])cc1)N1CCCC1CCCO. The summed E-state index contributed by atoms with van der Waals surface area (Å²) < 4.78 is 0. The highest BCUT2D eigenvalue weighted by atomic mass is 16.6. The van der Waals surface area contributed by atoms with Gasteiger partial charge in [0.15, 0.2) is 0 Å². The molecule has 0 saturated carbocycles. The maximum Gasteiger partial charge on any atom is 0.269 e. The summed E-state index contributed by atoms with van der Waals surface area (Å²) in [6.07, 6.45) is 6.70. The topological polar surface area (TPSA) is 83.7 Å². The zero-order valence-electron chi connectivity index (χ0n) is 12.4. The molecule has 118 valence electrons. The predicted octanol–water partition coefficient (Wildman–Crippen LogP) is 2.37. The van der Waals surface area contributed by atoms with Crippen molar-refractivity contribution in [1.82, 2.24) is 4.90 Å². The van der Waals surface area contributed by atoms with Crippen LogP contribution in [0.3, 0.4) is 0 Å². The van der Waals surface area contributed by atoms with Gasteiger partial charge in [-0.15, -0.1) is 0 Å². The van der Waals surface area contributed by atoms with Crippen LogP contribution in [-0.2, 0) is 4.79 Å². The predicted molar refractivity (Wildman–Crippen MR) is 83.2 cm³/mol. The first-order valence-corrected chi connectivity index (χ1v) is 7.46. The van der Waals surface area contributed by atoms with Gasteiger partial charge in [-0.25, -0.2) is 0 Å². The molecule has 6 heteroatoms. The molecule has 0 radical (unpaired) electrons. The van der Waals surface area contributed by atoms with E-state index in [0.717, 1.165) is 31.4 Å². The van der Waals surface area contributed by atoms with Gasteiger partial charge in [0.25, 0.3) is 5.69 Å². The molecule has 0 spiro atoms. The fraction of sp³-hybridized carbons (Fsp3) is 0.438. The van der Waals surface area contributed by atoms with Crippen LogP contribution in [0.1, 0.15) is 31.2 Å². The number of nitrogens with zero attached hydrogens (tertiary/aromatic N) is 2. The third-order valence-electron chi connectivity index (χ3n) is 3.88. The van der Waals surface area contributed by atoms with E-state index in [4.69, 9.17) is 5.11 Å². The van der Waals surface area contributed by atoms with Gasteiger partial charge in [-0.3, -0.25) is 14.9 Å². The van der Waals surface area contributed by atoms with Gasteiger partial charge in [-0.2, -0.15) is 0 Å². The number of aliphatic hydroxyl groups is 1. The van der Waals surface area contributed by atoms with Crippen LogP contribution in [0, 0.1) is 10.1 Å². The second kappa shape index (κ2) is 7.70. The number of hydrogen-bond donors (Lipinski definition) is 1. The Morgan fingerprint density at radius 2 is 2.14 bits per heavy atom. The average molecular weight is 304 g/mol. The van der Waals surface area contributed by atoms with E-state index in [0.29, 0.717) is 6.42 Å². The van der Waals surface area contributed by atoms with Crippen LogP contribution in [0.2, 0.25) is 0 Å². The van der Waals surface area contributed by atoms with Crippen LogP contribution in [0.25, 0.3) is 6.08 Å².